The zero-order chi connectivity index (χ0) is 20.5. The standard InChI is InChI=1S/C21H20ClN5O2/c1-26-19-8-15(22)2-3-17(19)18(9-23)20(26)14-6-13(10-25-11-14)7-16-12-29-5-4-27(16)21(24)28/h2-3,6,8,10-11,16H,4-5,7,12H2,1H3,(H2,24,28). The summed E-state index contributed by atoms with van der Waals surface area (Å²) in [5.74, 6) is 0. The number of nitrogens with zero attached hydrogens (tertiary/aromatic N) is 4. The van der Waals surface area contributed by atoms with Crippen LogP contribution in [0.5, 0.6) is 0 Å². The van der Waals surface area contributed by atoms with E-state index in [0.29, 0.717) is 36.8 Å². The third kappa shape index (κ3) is 3.53. The minimum Gasteiger partial charge on any atom is -0.377 e. The summed E-state index contributed by atoms with van der Waals surface area (Å²) in [6.07, 6.45) is 4.08. The van der Waals surface area contributed by atoms with Gasteiger partial charge in [-0.05, 0) is 36.2 Å². The SMILES string of the molecule is Cn1c(-c2cncc(CC3COCCN3C(N)=O)c2)c(C#N)c2ccc(Cl)cc21. The Labute approximate surface area is 173 Å². The van der Waals surface area contributed by atoms with Crippen molar-refractivity contribution in [2.45, 2.75) is 12.5 Å². The van der Waals surface area contributed by atoms with Crippen LogP contribution >= 0.6 is 11.6 Å². The Bertz CT molecular complexity index is 1130. The highest BCUT2D eigenvalue weighted by Gasteiger charge is 2.26. The fourth-order valence-corrected chi connectivity index (χ4v) is 4.14. The first-order valence-electron chi connectivity index (χ1n) is 9.25. The van der Waals surface area contributed by atoms with E-state index in [1.165, 1.54) is 0 Å². The number of ether oxygens (including phenoxy) is 1. The molecule has 0 radical (unpaired) electrons. The quantitative estimate of drug-likeness (QED) is 0.718. The van der Waals surface area contributed by atoms with E-state index in [4.69, 9.17) is 22.1 Å². The van der Waals surface area contributed by atoms with Gasteiger partial charge in [-0.1, -0.05) is 11.6 Å². The number of carbonyl (C=O) groups is 1. The number of aromatic nitrogens is 2. The monoisotopic (exact) mass is 409 g/mol. The van der Waals surface area contributed by atoms with Crippen LogP contribution in [0.25, 0.3) is 22.2 Å². The predicted molar refractivity (Wildman–Crippen MR) is 110 cm³/mol. The Balaban J connectivity index is 1.74. The number of rotatable bonds is 3. The van der Waals surface area contributed by atoms with Crippen molar-refractivity contribution in [2.75, 3.05) is 19.8 Å². The predicted octanol–water partition coefficient (Wildman–Crippen LogP) is 3.09. The summed E-state index contributed by atoms with van der Waals surface area (Å²) < 4.78 is 7.49. The number of fused-ring (bicyclic) bond motifs is 1. The van der Waals surface area contributed by atoms with E-state index in [9.17, 15) is 10.1 Å². The number of amides is 2. The molecule has 0 aliphatic carbocycles. The molecule has 3 heterocycles. The number of hydrogen-bond donors (Lipinski definition) is 1. The Morgan fingerprint density at radius 1 is 1.41 bits per heavy atom. The third-order valence-electron chi connectivity index (χ3n) is 5.32. The molecule has 8 heteroatoms. The van der Waals surface area contributed by atoms with E-state index in [-0.39, 0.29) is 6.04 Å². The number of benzene rings is 1. The average molecular weight is 410 g/mol. The largest absolute Gasteiger partial charge is 0.377 e. The van der Waals surface area contributed by atoms with Gasteiger partial charge in [0.15, 0.2) is 0 Å². The molecule has 1 aliphatic rings. The van der Waals surface area contributed by atoms with Crippen molar-refractivity contribution >= 4 is 28.5 Å². The number of carbonyl (C=O) groups excluding carboxylic acids is 1. The van der Waals surface area contributed by atoms with Gasteiger partial charge in [-0.25, -0.2) is 4.79 Å². The summed E-state index contributed by atoms with van der Waals surface area (Å²) in [4.78, 5) is 17.7. The van der Waals surface area contributed by atoms with Gasteiger partial charge in [-0.2, -0.15) is 5.26 Å². The van der Waals surface area contributed by atoms with Gasteiger partial charge < -0.3 is 19.9 Å². The Morgan fingerprint density at radius 3 is 3.00 bits per heavy atom. The third-order valence-corrected chi connectivity index (χ3v) is 5.56. The molecule has 0 spiro atoms. The summed E-state index contributed by atoms with van der Waals surface area (Å²) in [5, 5.41) is 11.3. The first-order chi connectivity index (χ1) is 14.0. The first kappa shape index (κ1) is 19.2. The van der Waals surface area contributed by atoms with Crippen LogP contribution in [-0.4, -0.2) is 46.3 Å². The highest BCUT2D eigenvalue weighted by atomic mass is 35.5. The Morgan fingerprint density at radius 2 is 2.24 bits per heavy atom. The molecule has 1 saturated heterocycles. The maximum absolute atomic E-state index is 11.7. The zero-order valence-corrected chi connectivity index (χ0v) is 16.7. The Hall–Kier alpha value is -3.08. The molecule has 7 nitrogen and oxygen atoms in total. The lowest BCUT2D eigenvalue weighted by Gasteiger charge is -2.34. The number of primary amides is 1. The lowest BCUT2D eigenvalue weighted by atomic mass is 10.0. The number of nitriles is 1. The van der Waals surface area contributed by atoms with Crippen LogP contribution in [0.3, 0.4) is 0 Å². The second-order valence-electron chi connectivity index (χ2n) is 7.10. The van der Waals surface area contributed by atoms with E-state index < -0.39 is 6.03 Å². The summed E-state index contributed by atoms with van der Waals surface area (Å²) in [7, 11) is 1.91. The van der Waals surface area contributed by atoms with E-state index >= 15 is 0 Å². The van der Waals surface area contributed by atoms with E-state index in [2.05, 4.69) is 11.1 Å². The van der Waals surface area contributed by atoms with Crippen LogP contribution < -0.4 is 5.73 Å². The fourth-order valence-electron chi connectivity index (χ4n) is 3.98. The molecule has 1 unspecified atom stereocenters. The Kier molecular flexibility index (Phi) is 5.14. The normalized spacial score (nSPS) is 16.7. The van der Waals surface area contributed by atoms with Crippen LogP contribution in [0.1, 0.15) is 11.1 Å². The van der Waals surface area contributed by atoms with Gasteiger partial charge in [0.2, 0.25) is 0 Å². The molecule has 2 amide bonds. The summed E-state index contributed by atoms with van der Waals surface area (Å²) in [6, 6.07) is 9.23. The van der Waals surface area contributed by atoms with Gasteiger partial charge in [0.1, 0.15) is 6.07 Å². The molecule has 4 rings (SSSR count). The number of hydrogen-bond acceptors (Lipinski definition) is 4. The lowest BCUT2D eigenvalue weighted by molar-refractivity contribution is 0.0147. The summed E-state index contributed by atoms with van der Waals surface area (Å²) >= 11 is 6.15. The minimum absolute atomic E-state index is 0.139. The molecular weight excluding hydrogens is 390 g/mol. The molecular formula is C21H20ClN5O2. The summed E-state index contributed by atoms with van der Waals surface area (Å²) in [6.45, 7) is 1.40. The van der Waals surface area contributed by atoms with Crippen molar-refractivity contribution in [2.24, 2.45) is 12.8 Å². The maximum Gasteiger partial charge on any atom is 0.315 e. The zero-order valence-electron chi connectivity index (χ0n) is 15.9. The van der Waals surface area contributed by atoms with Crippen molar-refractivity contribution in [3.05, 3.63) is 52.8 Å². The number of nitrogens with two attached hydrogens (primary N) is 1. The van der Waals surface area contributed by atoms with Gasteiger partial charge in [-0.3, -0.25) is 4.98 Å². The van der Waals surface area contributed by atoms with E-state index in [1.54, 1.807) is 23.4 Å². The smallest absolute Gasteiger partial charge is 0.315 e. The van der Waals surface area contributed by atoms with Crippen molar-refractivity contribution in [3.63, 3.8) is 0 Å². The number of urea groups is 1. The average Bonchev–Trinajstić information content (AvgIpc) is 2.99. The maximum atomic E-state index is 11.7. The molecule has 148 valence electrons. The summed E-state index contributed by atoms with van der Waals surface area (Å²) in [5.41, 5.74) is 9.53. The van der Waals surface area contributed by atoms with E-state index in [1.807, 2.05) is 29.8 Å². The number of halogens is 1. The second-order valence-corrected chi connectivity index (χ2v) is 7.54. The van der Waals surface area contributed by atoms with E-state index in [0.717, 1.165) is 27.7 Å². The number of aryl methyl sites for hydroxylation is 1. The molecule has 2 N–H and O–H groups in total. The van der Waals surface area contributed by atoms with Crippen LogP contribution in [0.2, 0.25) is 5.02 Å². The number of pyridine rings is 1. The molecule has 1 fully saturated rings. The van der Waals surface area contributed by atoms with Crippen molar-refractivity contribution in [1.29, 1.82) is 5.26 Å². The van der Waals surface area contributed by atoms with Crippen LogP contribution in [-0.2, 0) is 18.2 Å². The highest BCUT2D eigenvalue weighted by Crippen LogP contribution is 2.34. The van der Waals surface area contributed by atoms with Gasteiger partial charge in [0.05, 0.1) is 36.0 Å². The van der Waals surface area contributed by atoms with Crippen LogP contribution in [0.15, 0.2) is 36.7 Å². The van der Waals surface area contributed by atoms with Crippen LogP contribution in [0, 0.1) is 11.3 Å². The topological polar surface area (TPSA) is 97.2 Å². The molecule has 0 saturated carbocycles. The second kappa shape index (κ2) is 7.74. The van der Waals surface area contributed by atoms with Crippen molar-refractivity contribution < 1.29 is 9.53 Å². The molecule has 0 bridgehead atoms. The molecule has 1 atom stereocenters. The van der Waals surface area contributed by atoms with Crippen molar-refractivity contribution in [3.8, 4) is 17.3 Å². The molecule has 29 heavy (non-hydrogen) atoms. The van der Waals surface area contributed by atoms with Gasteiger partial charge in [0, 0.05) is 42.0 Å². The van der Waals surface area contributed by atoms with Crippen LogP contribution in [0.4, 0.5) is 4.79 Å². The molecule has 1 aromatic carbocycles. The first-order valence-corrected chi connectivity index (χ1v) is 9.63. The lowest BCUT2D eigenvalue weighted by Crippen LogP contribution is -2.51. The van der Waals surface area contributed by atoms with Gasteiger partial charge >= 0.3 is 6.03 Å². The molecule has 1 aliphatic heterocycles. The molecule has 3 aromatic rings. The van der Waals surface area contributed by atoms with Gasteiger partial charge in [0.25, 0.3) is 0 Å². The van der Waals surface area contributed by atoms with Crippen molar-refractivity contribution in [1.82, 2.24) is 14.5 Å². The number of morpholine rings is 1. The van der Waals surface area contributed by atoms with Gasteiger partial charge in [-0.15, -0.1) is 0 Å². The minimum atomic E-state index is -0.445. The fraction of sp³-hybridized carbons (Fsp3) is 0.286. The molecule has 2 aromatic heterocycles. The highest BCUT2D eigenvalue weighted by molar-refractivity contribution is 6.31.